The van der Waals surface area contributed by atoms with Crippen LogP contribution >= 0.6 is 0 Å². The summed E-state index contributed by atoms with van der Waals surface area (Å²) in [6.45, 7) is 1.65. The first kappa shape index (κ1) is 18.5. The van der Waals surface area contributed by atoms with Crippen LogP contribution in [0.25, 0.3) is 0 Å². The molecule has 1 aliphatic heterocycles. The zero-order valence-corrected chi connectivity index (χ0v) is 15.2. The van der Waals surface area contributed by atoms with E-state index in [-0.39, 0.29) is 17.8 Å². The Hall–Kier alpha value is -2.24. The van der Waals surface area contributed by atoms with E-state index in [0.717, 1.165) is 37.0 Å². The number of piperidine rings is 1. The van der Waals surface area contributed by atoms with Gasteiger partial charge in [-0.25, -0.2) is 4.79 Å². The number of rotatable bonds is 7. The topological polar surface area (TPSA) is 76.1 Å². The first-order chi connectivity index (χ1) is 12.6. The first-order valence-corrected chi connectivity index (χ1v) is 9.34. The van der Waals surface area contributed by atoms with Crippen LogP contribution in [0.2, 0.25) is 0 Å². The SMILES string of the molecule is COC(=O)C[C@H](c1cccc(OCC2CCCN(C(=O)O)C2)c1)C1CC1. The Labute approximate surface area is 154 Å². The molecule has 0 bridgehead atoms. The summed E-state index contributed by atoms with van der Waals surface area (Å²) < 4.78 is 10.8. The van der Waals surface area contributed by atoms with Crippen molar-refractivity contribution in [2.75, 3.05) is 26.8 Å². The van der Waals surface area contributed by atoms with Crippen molar-refractivity contribution in [2.45, 2.75) is 38.0 Å². The van der Waals surface area contributed by atoms with Gasteiger partial charge < -0.3 is 19.5 Å². The molecule has 1 heterocycles. The Balaban J connectivity index is 1.60. The second kappa shape index (κ2) is 8.43. The van der Waals surface area contributed by atoms with Gasteiger partial charge in [-0.05, 0) is 55.2 Å². The molecule has 1 saturated carbocycles. The number of carbonyl (C=O) groups excluding carboxylic acids is 1. The first-order valence-electron chi connectivity index (χ1n) is 9.34. The third-order valence-corrected chi connectivity index (χ3v) is 5.37. The van der Waals surface area contributed by atoms with Gasteiger partial charge in [-0.3, -0.25) is 4.79 Å². The standard InChI is InChI=1S/C20H27NO5/c1-25-19(22)11-18(15-7-8-15)16-5-2-6-17(10-16)26-13-14-4-3-9-21(12-14)20(23)24/h2,5-6,10,14-15,18H,3-4,7-9,11-13H2,1H3,(H,23,24)/t14?,18-/m0/s1. The molecule has 0 radical (unpaired) electrons. The Bertz CT molecular complexity index is 643. The van der Waals surface area contributed by atoms with Crippen LogP contribution in [0.1, 0.15) is 43.6 Å². The molecule has 6 nitrogen and oxygen atoms in total. The molecular weight excluding hydrogens is 334 g/mol. The minimum atomic E-state index is -0.855. The highest BCUT2D eigenvalue weighted by Gasteiger charge is 2.34. The van der Waals surface area contributed by atoms with E-state index in [4.69, 9.17) is 14.6 Å². The van der Waals surface area contributed by atoms with E-state index in [0.29, 0.717) is 32.0 Å². The van der Waals surface area contributed by atoms with Crippen LogP contribution in [-0.2, 0) is 9.53 Å². The van der Waals surface area contributed by atoms with E-state index >= 15 is 0 Å². The summed E-state index contributed by atoms with van der Waals surface area (Å²) in [5.74, 6) is 1.56. The normalized spacial score (nSPS) is 21.1. The lowest BCUT2D eigenvalue weighted by molar-refractivity contribution is -0.141. The zero-order chi connectivity index (χ0) is 18.5. The molecule has 142 valence electrons. The van der Waals surface area contributed by atoms with Gasteiger partial charge in [0, 0.05) is 19.0 Å². The molecule has 1 N–H and O–H groups in total. The Morgan fingerprint density at radius 1 is 1.31 bits per heavy atom. The van der Waals surface area contributed by atoms with Crippen molar-refractivity contribution in [3.63, 3.8) is 0 Å². The third kappa shape index (κ3) is 4.90. The summed E-state index contributed by atoms with van der Waals surface area (Å²) in [6.07, 6.45) is 3.71. The van der Waals surface area contributed by atoms with Gasteiger partial charge >= 0.3 is 12.1 Å². The number of benzene rings is 1. The molecule has 6 heteroatoms. The molecule has 1 unspecified atom stereocenters. The number of hydrogen-bond donors (Lipinski definition) is 1. The number of amides is 1. The summed E-state index contributed by atoms with van der Waals surface area (Å²) in [5, 5.41) is 9.14. The molecular formula is C20H27NO5. The lowest BCUT2D eigenvalue weighted by Gasteiger charge is -2.30. The van der Waals surface area contributed by atoms with E-state index in [1.54, 1.807) is 0 Å². The van der Waals surface area contributed by atoms with Gasteiger partial charge in [-0.1, -0.05) is 12.1 Å². The molecule has 1 aromatic rings. The van der Waals surface area contributed by atoms with Crippen LogP contribution in [0.15, 0.2) is 24.3 Å². The van der Waals surface area contributed by atoms with Crippen LogP contribution in [0.5, 0.6) is 5.75 Å². The molecule has 0 aromatic heterocycles. The van der Waals surface area contributed by atoms with Crippen molar-refractivity contribution in [3.8, 4) is 5.75 Å². The van der Waals surface area contributed by atoms with Gasteiger partial charge in [0.1, 0.15) is 5.75 Å². The number of esters is 1. The maximum Gasteiger partial charge on any atom is 0.407 e. The van der Waals surface area contributed by atoms with Gasteiger partial charge in [-0.15, -0.1) is 0 Å². The minimum absolute atomic E-state index is 0.177. The predicted molar refractivity (Wildman–Crippen MR) is 96.4 cm³/mol. The summed E-state index contributed by atoms with van der Waals surface area (Å²) in [6, 6.07) is 7.94. The minimum Gasteiger partial charge on any atom is -0.493 e. The maximum absolute atomic E-state index is 11.7. The van der Waals surface area contributed by atoms with Crippen molar-refractivity contribution < 1.29 is 24.2 Å². The average Bonchev–Trinajstić information content (AvgIpc) is 3.49. The van der Waals surface area contributed by atoms with Gasteiger partial charge in [0.15, 0.2) is 0 Å². The van der Waals surface area contributed by atoms with Gasteiger partial charge in [0.2, 0.25) is 0 Å². The van der Waals surface area contributed by atoms with Crippen molar-refractivity contribution in [1.29, 1.82) is 0 Å². The fourth-order valence-electron chi connectivity index (χ4n) is 3.74. The number of hydrogen-bond acceptors (Lipinski definition) is 4. The second-order valence-corrected chi connectivity index (χ2v) is 7.34. The number of carboxylic acid groups (broad SMARTS) is 1. The van der Waals surface area contributed by atoms with Crippen molar-refractivity contribution in [1.82, 2.24) is 4.90 Å². The highest BCUT2D eigenvalue weighted by Crippen LogP contribution is 2.45. The molecule has 2 atom stereocenters. The molecule has 2 fully saturated rings. The highest BCUT2D eigenvalue weighted by atomic mass is 16.5. The number of nitrogens with zero attached hydrogens (tertiary/aromatic N) is 1. The predicted octanol–water partition coefficient (Wildman–Crippen LogP) is 3.51. The highest BCUT2D eigenvalue weighted by molar-refractivity contribution is 5.70. The lowest BCUT2D eigenvalue weighted by atomic mass is 9.91. The molecule has 1 amide bonds. The van der Waals surface area contributed by atoms with Crippen LogP contribution in [0.4, 0.5) is 4.79 Å². The van der Waals surface area contributed by atoms with Gasteiger partial charge in [0.05, 0.1) is 20.1 Å². The van der Waals surface area contributed by atoms with Crippen LogP contribution in [-0.4, -0.2) is 48.9 Å². The fraction of sp³-hybridized carbons (Fsp3) is 0.600. The monoisotopic (exact) mass is 361 g/mol. The zero-order valence-electron chi connectivity index (χ0n) is 15.2. The molecule has 1 aromatic carbocycles. The van der Waals surface area contributed by atoms with Gasteiger partial charge in [0.25, 0.3) is 0 Å². The van der Waals surface area contributed by atoms with E-state index in [1.807, 2.05) is 24.3 Å². The lowest BCUT2D eigenvalue weighted by Crippen LogP contribution is -2.40. The summed E-state index contributed by atoms with van der Waals surface area (Å²) in [7, 11) is 1.43. The molecule has 2 aliphatic rings. The number of likely N-dealkylation sites (tertiary alicyclic amines) is 1. The molecule has 0 spiro atoms. The summed E-state index contributed by atoms with van der Waals surface area (Å²) in [4.78, 5) is 24.3. The maximum atomic E-state index is 11.7. The van der Waals surface area contributed by atoms with Gasteiger partial charge in [-0.2, -0.15) is 0 Å². The average molecular weight is 361 g/mol. The molecule has 3 rings (SSSR count). The molecule has 26 heavy (non-hydrogen) atoms. The van der Waals surface area contributed by atoms with E-state index < -0.39 is 6.09 Å². The molecule has 1 aliphatic carbocycles. The Morgan fingerprint density at radius 2 is 2.12 bits per heavy atom. The number of carbonyl (C=O) groups is 2. The number of ether oxygens (including phenoxy) is 2. The second-order valence-electron chi connectivity index (χ2n) is 7.34. The Morgan fingerprint density at radius 3 is 2.81 bits per heavy atom. The fourth-order valence-corrected chi connectivity index (χ4v) is 3.74. The van der Waals surface area contributed by atoms with Crippen molar-refractivity contribution >= 4 is 12.1 Å². The largest absolute Gasteiger partial charge is 0.493 e. The summed E-state index contributed by atoms with van der Waals surface area (Å²) >= 11 is 0. The number of methoxy groups -OCH3 is 1. The summed E-state index contributed by atoms with van der Waals surface area (Å²) in [5.41, 5.74) is 1.12. The third-order valence-electron chi connectivity index (χ3n) is 5.37. The van der Waals surface area contributed by atoms with E-state index in [1.165, 1.54) is 12.0 Å². The smallest absolute Gasteiger partial charge is 0.407 e. The van der Waals surface area contributed by atoms with Crippen LogP contribution < -0.4 is 4.74 Å². The quantitative estimate of drug-likeness (QED) is 0.752. The van der Waals surface area contributed by atoms with E-state index in [9.17, 15) is 9.59 Å². The van der Waals surface area contributed by atoms with Crippen LogP contribution in [0.3, 0.4) is 0 Å². The van der Waals surface area contributed by atoms with Crippen molar-refractivity contribution in [2.24, 2.45) is 11.8 Å². The van der Waals surface area contributed by atoms with E-state index in [2.05, 4.69) is 0 Å². The van der Waals surface area contributed by atoms with Crippen LogP contribution in [0, 0.1) is 11.8 Å². The van der Waals surface area contributed by atoms with Crippen molar-refractivity contribution in [3.05, 3.63) is 29.8 Å². The Kier molecular flexibility index (Phi) is 6.01. The molecule has 1 saturated heterocycles.